The van der Waals surface area contributed by atoms with E-state index in [9.17, 15) is 4.79 Å². The lowest BCUT2D eigenvalue weighted by molar-refractivity contribution is 0.0676. The summed E-state index contributed by atoms with van der Waals surface area (Å²) in [5, 5.41) is 3.30. The third kappa shape index (κ3) is 3.55. The first-order valence-electron chi connectivity index (χ1n) is 6.75. The molecule has 19 heavy (non-hydrogen) atoms. The van der Waals surface area contributed by atoms with Crippen molar-refractivity contribution in [3.05, 3.63) is 29.3 Å². The number of ether oxygens (including phenoxy) is 2. The molecule has 1 N–H and O–H groups in total. The van der Waals surface area contributed by atoms with E-state index < -0.39 is 0 Å². The molecule has 0 aromatic heterocycles. The van der Waals surface area contributed by atoms with Crippen molar-refractivity contribution in [3.63, 3.8) is 0 Å². The number of aryl methyl sites for hydroxylation is 1. The molecule has 0 bridgehead atoms. The van der Waals surface area contributed by atoms with E-state index in [0.29, 0.717) is 13.0 Å². The number of nitrogens with one attached hydrogen (secondary N) is 1. The molecule has 1 aromatic carbocycles. The van der Waals surface area contributed by atoms with Gasteiger partial charge in [0.05, 0.1) is 20.3 Å². The molecule has 1 saturated heterocycles. The number of morpholine rings is 1. The van der Waals surface area contributed by atoms with Gasteiger partial charge in [-0.25, -0.2) is 0 Å². The minimum Gasteiger partial charge on any atom is -0.496 e. The minimum absolute atomic E-state index is 0.133. The molecule has 4 heteroatoms. The van der Waals surface area contributed by atoms with Crippen LogP contribution in [0.2, 0.25) is 0 Å². The van der Waals surface area contributed by atoms with E-state index >= 15 is 0 Å². The average molecular weight is 263 g/mol. The van der Waals surface area contributed by atoms with Gasteiger partial charge in [0.15, 0.2) is 5.78 Å². The van der Waals surface area contributed by atoms with Crippen LogP contribution in [0.5, 0.6) is 5.75 Å². The van der Waals surface area contributed by atoms with Crippen molar-refractivity contribution in [2.45, 2.75) is 25.8 Å². The molecular formula is C15H21NO3. The SMILES string of the molecule is CCc1cc(C(=O)CC2COCCN2)ccc1OC. The van der Waals surface area contributed by atoms with Gasteiger partial charge in [0, 0.05) is 24.6 Å². The lowest BCUT2D eigenvalue weighted by Crippen LogP contribution is -2.42. The highest BCUT2D eigenvalue weighted by Gasteiger charge is 2.18. The quantitative estimate of drug-likeness (QED) is 0.823. The van der Waals surface area contributed by atoms with Crippen LogP contribution in [0.25, 0.3) is 0 Å². The van der Waals surface area contributed by atoms with Crippen molar-refractivity contribution in [1.29, 1.82) is 0 Å². The Kier molecular flexibility index (Phi) is 4.93. The Morgan fingerprint density at radius 2 is 2.37 bits per heavy atom. The van der Waals surface area contributed by atoms with Crippen molar-refractivity contribution >= 4 is 5.78 Å². The van der Waals surface area contributed by atoms with Crippen LogP contribution < -0.4 is 10.1 Å². The van der Waals surface area contributed by atoms with Crippen molar-refractivity contribution in [2.24, 2.45) is 0 Å². The Hall–Kier alpha value is -1.39. The fraction of sp³-hybridized carbons (Fsp3) is 0.533. The summed E-state index contributed by atoms with van der Waals surface area (Å²) in [7, 11) is 1.65. The number of hydrogen-bond donors (Lipinski definition) is 1. The second-order valence-electron chi connectivity index (χ2n) is 4.73. The maximum atomic E-state index is 12.2. The van der Waals surface area contributed by atoms with Gasteiger partial charge in [-0.2, -0.15) is 0 Å². The first-order chi connectivity index (χ1) is 9.24. The van der Waals surface area contributed by atoms with Gasteiger partial charge in [-0.1, -0.05) is 6.92 Å². The fourth-order valence-corrected chi connectivity index (χ4v) is 2.32. The summed E-state index contributed by atoms with van der Waals surface area (Å²) in [6, 6.07) is 5.78. The summed E-state index contributed by atoms with van der Waals surface area (Å²) < 4.78 is 10.6. The first-order valence-corrected chi connectivity index (χ1v) is 6.75. The molecule has 1 aliphatic rings. The van der Waals surface area contributed by atoms with Gasteiger partial charge >= 0.3 is 0 Å². The second-order valence-corrected chi connectivity index (χ2v) is 4.73. The van der Waals surface area contributed by atoms with Crippen LogP contribution in [0.3, 0.4) is 0 Å². The zero-order chi connectivity index (χ0) is 13.7. The summed E-state index contributed by atoms with van der Waals surface area (Å²) in [5.74, 6) is 0.999. The molecule has 1 aromatic rings. The molecule has 1 unspecified atom stereocenters. The lowest BCUT2D eigenvalue weighted by atomic mass is 10.00. The number of benzene rings is 1. The van der Waals surface area contributed by atoms with Gasteiger partial charge < -0.3 is 14.8 Å². The number of ketones is 1. The minimum atomic E-state index is 0.133. The van der Waals surface area contributed by atoms with Crippen molar-refractivity contribution in [2.75, 3.05) is 26.9 Å². The Labute approximate surface area is 114 Å². The van der Waals surface area contributed by atoms with Crippen molar-refractivity contribution < 1.29 is 14.3 Å². The van der Waals surface area contributed by atoms with Gasteiger partial charge in [0.25, 0.3) is 0 Å². The van der Waals surface area contributed by atoms with Crippen LogP contribution in [0, 0.1) is 0 Å². The van der Waals surface area contributed by atoms with E-state index in [1.54, 1.807) is 7.11 Å². The highest BCUT2D eigenvalue weighted by Crippen LogP contribution is 2.21. The number of hydrogen-bond acceptors (Lipinski definition) is 4. The summed E-state index contributed by atoms with van der Waals surface area (Å²) in [5.41, 5.74) is 1.83. The predicted molar refractivity (Wildman–Crippen MR) is 73.9 cm³/mol. The summed E-state index contributed by atoms with van der Waals surface area (Å²) in [4.78, 5) is 12.2. The molecule has 1 atom stereocenters. The molecule has 1 aliphatic heterocycles. The Morgan fingerprint density at radius 1 is 1.53 bits per heavy atom. The third-order valence-electron chi connectivity index (χ3n) is 3.41. The Bertz CT molecular complexity index is 439. The van der Waals surface area contributed by atoms with Gasteiger partial charge in [-0.15, -0.1) is 0 Å². The molecular weight excluding hydrogens is 242 g/mol. The smallest absolute Gasteiger partial charge is 0.164 e. The summed E-state index contributed by atoms with van der Waals surface area (Å²) in [6.07, 6.45) is 1.34. The van der Waals surface area contributed by atoms with Gasteiger partial charge in [-0.05, 0) is 30.2 Å². The van der Waals surface area contributed by atoms with Crippen molar-refractivity contribution in [3.8, 4) is 5.75 Å². The van der Waals surface area contributed by atoms with Crippen LogP contribution in [0.15, 0.2) is 18.2 Å². The first kappa shape index (κ1) is 14.0. The van der Waals surface area contributed by atoms with Gasteiger partial charge in [0.1, 0.15) is 5.75 Å². The fourth-order valence-electron chi connectivity index (χ4n) is 2.32. The zero-order valence-electron chi connectivity index (χ0n) is 11.6. The summed E-state index contributed by atoms with van der Waals surface area (Å²) in [6.45, 7) is 4.22. The number of methoxy groups -OCH3 is 1. The average Bonchev–Trinajstić information content (AvgIpc) is 2.47. The highest BCUT2D eigenvalue weighted by molar-refractivity contribution is 5.96. The maximum Gasteiger partial charge on any atom is 0.164 e. The van der Waals surface area contributed by atoms with Crippen LogP contribution >= 0.6 is 0 Å². The third-order valence-corrected chi connectivity index (χ3v) is 3.41. The predicted octanol–water partition coefficient (Wildman–Crippen LogP) is 1.82. The monoisotopic (exact) mass is 263 g/mol. The maximum absolute atomic E-state index is 12.2. The molecule has 1 fully saturated rings. The van der Waals surface area contributed by atoms with E-state index in [-0.39, 0.29) is 11.8 Å². The van der Waals surface area contributed by atoms with Crippen LogP contribution in [-0.4, -0.2) is 38.7 Å². The molecule has 2 rings (SSSR count). The molecule has 0 saturated carbocycles. The molecule has 0 aliphatic carbocycles. The molecule has 104 valence electrons. The van der Waals surface area contributed by atoms with E-state index in [0.717, 1.165) is 36.4 Å². The zero-order valence-corrected chi connectivity index (χ0v) is 11.6. The van der Waals surface area contributed by atoms with Crippen LogP contribution in [0.1, 0.15) is 29.3 Å². The molecule has 0 radical (unpaired) electrons. The van der Waals surface area contributed by atoms with Crippen LogP contribution in [0.4, 0.5) is 0 Å². The van der Waals surface area contributed by atoms with E-state index in [1.807, 2.05) is 18.2 Å². The number of carbonyl (C=O) groups is 1. The molecule has 0 amide bonds. The molecule has 0 spiro atoms. The Morgan fingerprint density at radius 3 is 3.00 bits per heavy atom. The van der Waals surface area contributed by atoms with Crippen LogP contribution in [-0.2, 0) is 11.2 Å². The van der Waals surface area contributed by atoms with E-state index in [4.69, 9.17) is 9.47 Å². The molecule has 1 heterocycles. The van der Waals surface area contributed by atoms with E-state index in [1.165, 1.54) is 0 Å². The number of carbonyl (C=O) groups excluding carboxylic acids is 1. The summed E-state index contributed by atoms with van der Waals surface area (Å²) >= 11 is 0. The standard InChI is InChI=1S/C15H21NO3/c1-3-11-8-12(4-5-15(11)18-2)14(17)9-13-10-19-7-6-16-13/h4-5,8,13,16H,3,6-7,9-10H2,1-2H3. The van der Waals surface area contributed by atoms with Gasteiger partial charge in [-0.3, -0.25) is 4.79 Å². The number of rotatable bonds is 5. The highest BCUT2D eigenvalue weighted by atomic mass is 16.5. The van der Waals surface area contributed by atoms with Gasteiger partial charge in [0.2, 0.25) is 0 Å². The largest absolute Gasteiger partial charge is 0.496 e. The van der Waals surface area contributed by atoms with Crippen molar-refractivity contribution in [1.82, 2.24) is 5.32 Å². The lowest BCUT2D eigenvalue weighted by Gasteiger charge is -2.23. The topological polar surface area (TPSA) is 47.6 Å². The normalized spacial score (nSPS) is 19.2. The molecule has 4 nitrogen and oxygen atoms in total. The van der Waals surface area contributed by atoms with E-state index in [2.05, 4.69) is 12.2 Å². The second kappa shape index (κ2) is 6.68. The number of Topliss-reactive ketones (excluding diaryl/α,β-unsaturated/α-hetero) is 1. The Balaban J connectivity index is 2.05.